The van der Waals surface area contributed by atoms with E-state index in [0.717, 1.165) is 41.3 Å². The lowest BCUT2D eigenvalue weighted by atomic mass is 10.1. The van der Waals surface area contributed by atoms with Gasteiger partial charge in [-0.15, -0.1) is 0 Å². The Bertz CT molecular complexity index is 902. The first-order chi connectivity index (χ1) is 13.5. The van der Waals surface area contributed by atoms with Gasteiger partial charge in [0.1, 0.15) is 0 Å². The standard InChI is InChI=1S/C23H27N3O2/c1-16-8-7-11-20(17(16)2)26-15-18(14-22(26)27)23(28)24-19-9-3-4-10-21(19)25-12-5-6-13-25/h3-4,7-11,18H,5-6,12-15H2,1-2H3,(H,24,28)/t18-/m1/s1. The Morgan fingerprint density at radius 1 is 1.00 bits per heavy atom. The molecule has 2 heterocycles. The molecule has 2 aliphatic rings. The average molecular weight is 377 g/mol. The van der Waals surface area contributed by atoms with Crippen molar-refractivity contribution in [3.63, 3.8) is 0 Å². The Labute approximate surface area is 166 Å². The highest BCUT2D eigenvalue weighted by Gasteiger charge is 2.36. The Balaban J connectivity index is 1.50. The highest BCUT2D eigenvalue weighted by molar-refractivity contribution is 6.04. The van der Waals surface area contributed by atoms with Crippen LogP contribution in [-0.4, -0.2) is 31.4 Å². The first kappa shape index (κ1) is 18.5. The smallest absolute Gasteiger partial charge is 0.229 e. The summed E-state index contributed by atoms with van der Waals surface area (Å²) in [6.45, 7) is 6.54. The Morgan fingerprint density at radius 3 is 2.50 bits per heavy atom. The van der Waals surface area contributed by atoms with Crippen LogP contribution in [0.4, 0.5) is 17.1 Å². The van der Waals surface area contributed by atoms with Gasteiger partial charge in [0.05, 0.1) is 17.3 Å². The maximum Gasteiger partial charge on any atom is 0.229 e. The second-order valence-corrected chi connectivity index (χ2v) is 7.82. The molecule has 0 aliphatic carbocycles. The molecule has 1 N–H and O–H groups in total. The van der Waals surface area contributed by atoms with Crippen LogP contribution in [0.15, 0.2) is 42.5 Å². The number of anilines is 3. The van der Waals surface area contributed by atoms with E-state index in [1.165, 1.54) is 12.8 Å². The summed E-state index contributed by atoms with van der Waals surface area (Å²) in [5.74, 6) is -0.395. The van der Waals surface area contributed by atoms with Gasteiger partial charge < -0.3 is 15.1 Å². The fourth-order valence-electron chi connectivity index (χ4n) is 4.19. The van der Waals surface area contributed by atoms with Crippen molar-refractivity contribution in [2.24, 2.45) is 5.92 Å². The summed E-state index contributed by atoms with van der Waals surface area (Å²) in [7, 11) is 0. The molecule has 1 atom stereocenters. The van der Waals surface area contributed by atoms with Gasteiger partial charge in [0, 0.05) is 31.7 Å². The average Bonchev–Trinajstić information content (AvgIpc) is 3.34. The normalized spacial score (nSPS) is 19.4. The number of nitrogens with one attached hydrogen (secondary N) is 1. The van der Waals surface area contributed by atoms with Gasteiger partial charge in [0.25, 0.3) is 0 Å². The number of carbonyl (C=O) groups excluding carboxylic acids is 2. The number of benzene rings is 2. The van der Waals surface area contributed by atoms with Gasteiger partial charge in [0.2, 0.25) is 11.8 Å². The zero-order valence-electron chi connectivity index (χ0n) is 16.6. The molecule has 2 saturated heterocycles. The third-order valence-electron chi connectivity index (χ3n) is 5.97. The first-order valence-corrected chi connectivity index (χ1v) is 10.1. The Morgan fingerprint density at radius 2 is 1.71 bits per heavy atom. The van der Waals surface area contributed by atoms with Crippen molar-refractivity contribution < 1.29 is 9.59 Å². The van der Waals surface area contributed by atoms with Crippen LogP contribution in [0.3, 0.4) is 0 Å². The zero-order chi connectivity index (χ0) is 19.7. The van der Waals surface area contributed by atoms with Gasteiger partial charge >= 0.3 is 0 Å². The molecular formula is C23H27N3O2. The second-order valence-electron chi connectivity index (χ2n) is 7.82. The van der Waals surface area contributed by atoms with Gasteiger partial charge in [-0.25, -0.2) is 0 Å². The van der Waals surface area contributed by atoms with Crippen LogP contribution < -0.4 is 15.1 Å². The predicted octanol–water partition coefficient (Wildman–Crippen LogP) is 3.90. The Hall–Kier alpha value is -2.82. The molecule has 0 spiro atoms. The van der Waals surface area contributed by atoms with Crippen LogP contribution in [0.5, 0.6) is 0 Å². The number of aryl methyl sites for hydroxylation is 1. The zero-order valence-corrected chi connectivity index (χ0v) is 16.6. The van der Waals surface area contributed by atoms with Gasteiger partial charge in [-0.3, -0.25) is 9.59 Å². The lowest BCUT2D eigenvalue weighted by Gasteiger charge is -2.22. The number of nitrogens with zero attached hydrogens (tertiary/aromatic N) is 2. The number of hydrogen-bond acceptors (Lipinski definition) is 3. The van der Waals surface area contributed by atoms with Gasteiger partial charge in [0.15, 0.2) is 0 Å². The van der Waals surface area contributed by atoms with Crippen LogP contribution >= 0.6 is 0 Å². The van der Waals surface area contributed by atoms with E-state index in [4.69, 9.17) is 0 Å². The number of amides is 2. The molecule has 2 amide bonds. The third kappa shape index (κ3) is 3.49. The minimum atomic E-state index is -0.334. The van der Waals surface area contributed by atoms with Crippen molar-refractivity contribution in [2.75, 3.05) is 34.8 Å². The SMILES string of the molecule is Cc1cccc(N2C[C@H](C(=O)Nc3ccccc3N3CCCC3)CC2=O)c1C. The molecule has 146 valence electrons. The van der Waals surface area contributed by atoms with Gasteiger partial charge in [-0.1, -0.05) is 24.3 Å². The molecule has 0 bridgehead atoms. The molecule has 5 nitrogen and oxygen atoms in total. The summed E-state index contributed by atoms with van der Waals surface area (Å²) >= 11 is 0. The van der Waals surface area contributed by atoms with E-state index in [-0.39, 0.29) is 24.2 Å². The van der Waals surface area contributed by atoms with Crippen LogP contribution in [0.1, 0.15) is 30.4 Å². The fraction of sp³-hybridized carbons (Fsp3) is 0.391. The summed E-state index contributed by atoms with van der Waals surface area (Å²) < 4.78 is 0. The highest BCUT2D eigenvalue weighted by atomic mass is 16.2. The van der Waals surface area contributed by atoms with Crippen LogP contribution in [-0.2, 0) is 9.59 Å². The summed E-state index contributed by atoms with van der Waals surface area (Å²) in [6, 6.07) is 13.9. The maximum absolute atomic E-state index is 12.9. The molecular weight excluding hydrogens is 350 g/mol. The van der Waals surface area contributed by atoms with Crippen molar-refractivity contribution in [3.05, 3.63) is 53.6 Å². The van der Waals surface area contributed by atoms with E-state index in [9.17, 15) is 9.59 Å². The summed E-state index contributed by atoms with van der Waals surface area (Å²) in [5.41, 5.74) is 5.07. The van der Waals surface area contributed by atoms with Crippen molar-refractivity contribution in [1.82, 2.24) is 0 Å². The molecule has 2 aromatic carbocycles. The minimum absolute atomic E-state index is 0.0154. The van der Waals surface area contributed by atoms with Gasteiger partial charge in [-0.05, 0) is 56.0 Å². The van der Waals surface area contributed by atoms with Crippen LogP contribution in [0.25, 0.3) is 0 Å². The Kier molecular flexibility index (Phi) is 5.07. The molecule has 0 aromatic heterocycles. The van der Waals surface area contributed by atoms with Crippen molar-refractivity contribution >= 4 is 28.9 Å². The molecule has 2 aromatic rings. The lowest BCUT2D eigenvalue weighted by molar-refractivity contribution is -0.122. The van der Waals surface area contributed by atoms with Crippen LogP contribution in [0.2, 0.25) is 0 Å². The summed E-state index contributed by atoms with van der Waals surface area (Å²) in [4.78, 5) is 29.6. The molecule has 0 unspecified atom stereocenters. The molecule has 0 radical (unpaired) electrons. The minimum Gasteiger partial charge on any atom is -0.370 e. The molecule has 0 saturated carbocycles. The molecule has 5 heteroatoms. The van der Waals surface area contributed by atoms with E-state index in [1.807, 2.05) is 50.2 Å². The summed E-state index contributed by atoms with van der Waals surface area (Å²) in [6.07, 6.45) is 2.62. The largest absolute Gasteiger partial charge is 0.370 e. The molecule has 2 fully saturated rings. The van der Waals surface area contributed by atoms with E-state index in [2.05, 4.69) is 16.3 Å². The quantitative estimate of drug-likeness (QED) is 0.879. The second kappa shape index (κ2) is 7.66. The highest BCUT2D eigenvalue weighted by Crippen LogP contribution is 2.32. The fourth-order valence-corrected chi connectivity index (χ4v) is 4.19. The number of rotatable bonds is 4. The maximum atomic E-state index is 12.9. The van der Waals surface area contributed by atoms with E-state index < -0.39 is 0 Å². The van der Waals surface area contributed by atoms with E-state index in [0.29, 0.717) is 6.54 Å². The first-order valence-electron chi connectivity index (χ1n) is 10.1. The predicted molar refractivity (Wildman–Crippen MR) is 113 cm³/mol. The number of para-hydroxylation sites is 2. The monoisotopic (exact) mass is 377 g/mol. The number of hydrogen-bond donors (Lipinski definition) is 1. The van der Waals surface area contributed by atoms with E-state index >= 15 is 0 Å². The lowest BCUT2D eigenvalue weighted by Crippen LogP contribution is -2.29. The van der Waals surface area contributed by atoms with Gasteiger partial charge in [-0.2, -0.15) is 0 Å². The molecule has 2 aliphatic heterocycles. The topological polar surface area (TPSA) is 52.7 Å². The number of carbonyl (C=O) groups is 2. The van der Waals surface area contributed by atoms with Crippen molar-refractivity contribution in [3.8, 4) is 0 Å². The van der Waals surface area contributed by atoms with Crippen molar-refractivity contribution in [2.45, 2.75) is 33.1 Å². The molecule has 4 rings (SSSR count). The summed E-state index contributed by atoms with van der Waals surface area (Å²) in [5, 5.41) is 3.09. The van der Waals surface area contributed by atoms with Crippen LogP contribution in [0, 0.1) is 19.8 Å². The third-order valence-corrected chi connectivity index (χ3v) is 5.97. The van der Waals surface area contributed by atoms with E-state index in [1.54, 1.807) is 4.90 Å². The van der Waals surface area contributed by atoms with Crippen molar-refractivity contribution in [1.29, 1.82) is 0 Å². The molecule has 28 heavy (non-hydrogen) atoms.